The lowest BCUT2D eigenvalue weighted by Gasteiger charge is -2.38. The summed E-state index contributed by atoms with van der Waals surface area (Å²) in [4.78, 5) is 4.25. The maximum Gasteiger partial charge on any atom is 0.114 e. The van der Waals surface area contributed by atoms with Crippen molar-refractivity contribution < 1.29 is 5.11 Å². The normalized spacial score (nSPS) is 28.6. The lowest BCUT2D eigenvalue weighted by Crippen LogP contribution is -2.33. The van der Waals surface area contributed by atoms with Gasteiger partial charge in [-0.2, -0.15) is 5.26 Å². The number of nitrogens with zero attached hydrogens (tertiary/aromatic N) is 2. The van der Waals surface area contributed by atoms with Crippen LogP contribution in [0.25, 0.3) is 0 Å². The minimum Gasteiger partial charge on any atom is -0.385 e. The second-order valence-electron chi connectivity index (χ2n) is 5.44. The number of nitriles is 1. The molecule has 1 heterocycles. The van der Waals surface area contributed by atoms with E-state index in [-0.39, 0.29) is 0 Å². The average molecular weight is 323 g/mol. The van der Waals surface area contributed by atoms with Crippen LogP contribution in [0.2, 0.25) is 0 Å². The van der Waals surface area contributed by atoms with E-state index in [2.05, 4.69) is 33.9 Å². The van der Waals surface area contributed by atoms with Gasteiger partial charge >= 0.3 is 0 Å². The Kier molecular flexibility index (Phi) is 4.59. The molecule has 4 heteroatoms. The van der Waals surface area contributed by atoms with Crippen LogP contribution in [0.3, 0.4) is 0 Å². The van der Waals surface area contributed by atoms with Crippen molar-refractivity contribution in [2.45, 2.75) is 45.1 Å². The van der Waals surface area contributed by atoms with Crippen molar-refractivity contribution in [3.05, 3.63) is 28.5 Å². The van der Waals surface area contributed by atoms with Crippen molar-refractivity contribution in [1.29, 1.82) is 5.26 Å². The number of aromatic nitrogens is 1. The van der Waals surface area contributed by atoms with Crippen molar-refractivity contribution in [2.24, 2.45) is 11.3 Å². The van der Waals surface area contributed by atoms with Crippen LogP contribution in [0.15, 0.2) is 22.8 Å². The zero-order chi connectivity index (χ0) is 13.9. The SMILES string of the molecule is CCC1CCCC(C#N)(C(O)c2ccc(Br)cn2)C1. The molecule has 0 spiro atoms. The van der Waals surface area contributed by atoms with Gasteiger partial charge in [-0.05, 0) is 46.8 Å². The summed E-state index contributed by atoms with van der Waals surface area (Å²) in [6.07, 6.45) is 5.67. The molecule has 19 heavy (non-hydrogen) atoms. The average Bonchev–Trinajstić information content (AvgIpc) is 2.47. The molecule has 0 radical (unpaired) electrons. The van der Waals surface area contributed by atoms with Gasteiger partial charge < -0.3 is 5.11 Å². The zero-order valence-corrected chi connectivity index (χ0v) is 12.7. The first kappa shape index (κ1) is 14.5. The van der Waals surface area contributed by atoms with E-state index in [1.54, 1.807) is 12.3 Å². The second-order valence-corrected chi connectivity index (χ2v) is 6.36. The molecule has 1 aliphatic rings. The van der Waals surface area contributed by atoms with E-state index in [1.807, 2.05) is 6.07 Å². The van der Waals surface area contributed by atoms with Gasteiger partial charge in [0.05, 0.1) is 17.2 Å². The smallest absolute Gasteiger partial charge is 0.114 e. The topological polar surface area (TPSA) is 56.9 Å². The molecule has 0 aromatic carbocycles. The van der Waals surface area contributed by atoms with E-state index in [0.29, 0.717) is 11.6 Å². The number of hydrogen-bond donors (Lipinski definition) is 1. The highest BCUT2D eigenvalue weighted by Gasteiger charge is 2.43. The Morgan fingerprint density at radius 3 is 3.00 bits per heavy atom. The predicted molar refractivity (Wildman–Crippen MR) is 77.2 cm³/mol. The molecule has 102 valence electrons. The molecule has 3 unspecified atom stereocenters. The number of aliphatic hydroxyl groups is 1. The maximum absolute atomic E-state index is 10.6. The monoisotopic (exact) mass is 322 g/mol. The molecule has 0 amide bonds. The van der Waals surface area contributed by atoms with E-state index in [0.717, 1.165) is 30.2 Å². The van der Waals surface area contributed by atoms with Crippen LogP contribution in [-0.4, -0.2) is 10.1 Å². The zero-order valence-electron chi connectivity index (χ0n) is 11.1. The molecule has 1 N–H and O–H groups in total. The molecule has 2 rings (SSSR count). The minimum atomic E-state index is -0.792. The van der Waals surface area contributed by atoms with Crippen molar-refractivity contribution in [2.75, 3.05) is 0 Å². The minimum absolute atomic E-state index is 0.540. The summed E-state index contributed by atoms with van der Waals surface area (Å²) in [5.41, 5.74) is -0.0683. The number of pyridine rings is 1. The lowest BCUT2D eigenvalue weighted by atomic mass is 9.66. The predicted octanol–water partition coefficient (Wildman–Crippen LogP) is 3.99. The largest absolute Gasteiger partial charge is 0.385 e. The Morgan fingerprint density at radius 2 is 2.42 bits per heavy atom. The Morgan fingerprint density at radius 1 is 1.63 bits per heavy atom. The summed E-state index contributed by atoms with van der Waals surface area (Å²) in [5, 5.41) is 20.2. The van der Waals surface area contributed by atoms with Gasteiger partial charge in [-0.15, -0.1) is 0 Å². The van der Waals surface area contributed by atoms with Crippen LogP contribution < -0.4 is 0 Å². The third-order valence-corrected chi connectivity index (χ3v) is 4.71. The van der Waals surface area contributed by atoms with Crippen LogP contribution >= 0.6 is 15.9 Å². The number of halogens is 1. The summed E-state index contributed by atoms with van der Waals surface area (Å²) in [5.74, 6) is 0.540. The highest BCUT2D eigenvalue weighted by atomic mass is 79.9. The highest BCUT2D eigenvalue weighted by molar-refractivity contribution is 9.10. The maximum atomic E-state index is 10.6. The van der Waals surface area contributed by atoms with E-state index >= 15 is 0 Å². The summed E-state index contributed by atoms with van der Waals surface area (Å²) in [6.45, 7) is 2.16. The van der Waals surface area contributed by atoms with Crippen LogP contribution in [-0.2, 0) is 0 Å². The molecule has 1 aliphatic carbocycles. The fourth-order valence-corrected chi connectivity index (χ4v) is 3.25. The van der Waals surface area contributed by atoms with Gasteiger partial charge in [-0.1, -0.05) is 26.2 Å². The van der Waals surface area contributed by atoms with Crippen molar-refractivity contribution in [3.8, 4) is 6.07 Å². The fourth-order valence-electron chi connectivity index (χ4n) is 3.02. The molecule has 0 bridgehead atoms. The Bertz CT molecular complexity index is 468. The lowest BCUT2D eigenvalue weighted by molar-refractivity contribution is 0.0157. The van der Waals surface area contributed by atoms with Gasteiger partial charge in [-0.25, -0.2) is 0 Å². The molecule has 1 fully saturated rings. The summed E-state index contributed by atoms with van der Waals surface area (Å²) in [7, 11) is 0. The van der Waals surface area contributed by atoms with Crippen molar-refractivity contribution in [1.82, 2.24) is 4.98 Å². The van der Waals surface area contributed by atoms with Crippen LogP contribution in [0.5, 0.6) is 0 Å². The van der Waals surface area contributed by atoms with Gasteiger partial charge in [0.25, 0.3) is 0 Å². The Labute approximate surface area is 122 Å². The van der Waals surface area contributed by atoms with Gasteiger partial charge in [0.1, 0.15) is 6.10 Å². The van der Waals surface area contributed by atoms with E-state index in [9.17, 15) is 10.4 Å². The van der Waals surface area contributed by atoms with Crippen LogP contribution in [0.1, 0.15) is 50.8 Å². The first-order chi connectivity index (χ1) is 9.11. The van der Waals surface area contributed by atoms with E-state index in [1.165, 1.54) is 6.42 Å². The van der Waals surface area contributed by atoms with Gasteiger partial charge in [0.2, 0.25) is 0 Å². The third kappa shape index (κ3) is 2.98. The van der Waals surface area contributed by atoms with E-state index < -0.39 is 11.5 Å². The summed E-state index contributed by atoms with van der Waals surface area (Å²) >= 11 is 3.33. The van der Waals surface area contributed by atoms with Crippen molar-refractivity contribution >= 4 is 15.9 Å². The molecule has 0 saturated heterocycles. The quantitative estimate of drug-likeness (QED) is 0.915. The summed E-state index contributed by atoms with van der Waals surface area (Å²) < 4.78 is 0.879. The molecule has 3 atom stereocenters. The summed E-state index contributed by atoms with van der Waals surface area (Å²) in [6, 6.07) is 6.05. The molecule has 1 saturated carbocycles. The third-order valence-electron chi connectivity index (χ3n) is 4.24. The van der Waals surface area contributed by atoms with Gasteiger partial charge in [-0.3, -0.25) is 4.98 Å². The second kappa shape index (κ2) is 6.02. The highest BCUT2D eigenvalue weighted by Crippen LogP contribution is 2.47. The molecular weight excluding hydrogens is 304 g/mol. The molecule has 1 aromatic heterocycles. The standard InChI is InChI=1S/C15H19BrN2O/c1-2-11-4-3-7-15(8-11,10-17)14(19)13-6-5-12(16)9-18-13/h5-6,9,11,14,19H,2-4,7-8H2,1H3. The number of aliphatic hydroxyl groups excluding tert-OH is 1. The first-order valence-corrected chi connectivity index (χ1v) is 7.61. The molecule has 3 nitrogen and oxygen atoms in total. The van der Waals surface area contributed by atoms with Crippen LogP contribution in [0.4, 0.5) is 0 Å². The van der Waals surface area contributed by atoms with Gasteiger partial charge in [0, 0.05) is 10.7 Å². The number of hydrogen-bond acceptors (Lipinski definition) is 3. The molecule has 0 aliphatic heterocycles. The van der Waals surface area contributed by atoms with E-state index in [4.69, 9.17) is 0 Å². The van der Waals surface area contributed by atoms with Gasteiger partial charge in [0.15, 0.2) is 0 Å². The van der Waals surface area contributed by atoms with Crippen molar-refractivity contribution in [3.63, 3.8) is 0 Å². The Hall–Kier alpha value is -0.920. The van der Waals surface area contributed by atoms with Crippen LogP contribution in [0, 0.1) is 22.7 Å². The fraction of sp³-hybridized carbons (Fsp3) is 0.600. The Balaban J connectivity index is 2.25. The molecular formula is C15H19BrN2O. The molecule has 1 aromatic rings. The first-order valence-electron chi connectivity index (χ1n) is 6.82. The number of rotatable bonds is 3.